The molecule has 2 aromatic rings. The molecule has 1 unspecified atom stereocenters. The van der Waals surface area contributed by atoms with Crippen molar-refractivity contribution in [2.24, 2.45) is 11.1 Å². The molecule has 0 aliphatic rings. The van der Waals surface area contributed by atoms with E-state index in [2.05, 4.69) is 40.7 Å². The average molecular weight is 233 g/mol. The number of imidazole rings is 1. The summed E-state index contributed by atoms with van der Waals surface area (Å²) >= 11 is 0. The van der Waals surface area contributed by atoms with Gasteiger partial charge in [0.1, 0.15) is 17.7 Å². The molecule has 2 aromatic heterocycles. The highest BCUT2D eigenvalue weighted by atomic mass is 15.0. The Bertz CT molecular complexity index is 464. The summed E-state index contributed by atoms with van der Waals surface area (Å²) < 4.78 is 0. The fraction of sp³-hybridized carbons (Fsp3) is 0.583. The number of aromatic nitrogens is 4. The van der Waals surface area contributed by atoms with E-state index in [0.717, 1.165) is 24.2 Å². The van der Waals surface area contributed by atoms with Crippen molar-refractivity contribution in [3.63, 3.8) is 0 Å². The van der Waals surface area contributed by atoms with Crippen molar-refractivity contribution >= 4 is 11.2 Å². The van der Waals surface area contributed by atoms with Gasteiger partial charge in [-0.3, -0.25) is 0 Å². The zero-order valence-electron chi connectivity index (χ0n) is 10.6. The molecule has 1 atom stereocenters. The summed E-state index contributed by atoms with van der Waals surface area (Å²) in [7, 11) is 0. The number of hydrogen-bond donors (Lipinski definition) is 2. The predicted octanol–water partition coefficient (Wildman–Crippen LogP) is 1.66. The molecule has 0 amide bonds. The van der Waals surface area contributed by atoms with E-state index in [9.17, 15) is 0 Å². The van der Waals surface area contributed by atoms with E-state index in [1.54, 1.807) is 6.20 Å². The number of aromatic amines is 1. The molecule has 0 aliphatic heterocycles. The molecule has 5 nitrogen and oxygen atoms in total. The lowest BCUT2D eigenvalue weighted by Crippen LogP contribution is -2.28. The van der Waals surface area contributed by atoms with E-state index in [4.69, 9.17) is 5.73 Å². The molecule has 0 spiro atoms. The third-order valence-corrected chi connectivity index (χ3v) is 2.54. The average Bonchev–Trinajstić information content (AvgIpc) is 2.55. The van der Waals surface area contributed by atoms with Crippen LogP contribution in [0.2, 0.25) is 0 Å². The van der Waals surface area contributed by atoms with Crippen molar-refractivity contribution in [2.75, 3.05) is 0 Å². The lowest BCUT2D eigenvalue weighted by atomic mass is 9.87. The second-order valence-corrected chi connectivity index (χ2v) is 5.67. The van der Waals surface area contributed by atoms with Gasteiger partial charge in [-0.1, -0.05) is 20.8 Å². The standard InChI is InChI=1S/C12H19N5/c1-12(2,3)5-8(13)4-10-16-9-6-14-7-15-11(9)17-10/h6-8H,4-5,13H2,1-3H3,(H,14,15,16,17). The highest BCUT2D eigenvalue weighted by Gasteiger charge is 2.17. The van der Waals surface area contributed by atoms with Crippen LogP contribution < -0.4 is 5.73 Å². The first-order chi connectivity index (χ1) is 7.94. The second-order valence-electron chi connectivity index (χ2n) is 5.67. The minimum absolute atomic E-state index is 0.114. The normalized spacial score (nSPS) is 14.1. The van der Waals surface area contributed by atoms with Crippen LogP contribution in [-0.4, -0.2) is 26.0 Å². The van der Waals surface area contributed by atoms with Crippen molar-refractivity contribution in [1.29, 1.82) is 0 Å². The third-order valence-electron chi connectivity index (χ3n) is 2.54. The van der Waals surface area contributed by atoms with Gasteiger partial charge in [0, 0.05) is 12.5 Å². The molecular formula is C12H19N5. The largest absolute Gasteiger partial charge is 0.339 e. The summed E-state index contributed by atoms with van der Waals surface area (Å²) in [6.45, 7) is 6.57. The van der Waals surface area contributed by atoms with Crippen molar-refractivity contribution in [3.05, 3.63) is 18.3 Å². The SMILES string of the molecule is CC(C)(C)CC(N)Cc1nc2ncncc2[nH]1. The van der Waals surface area contributed by atoms with Crippen molar-refractivity contribution in [3.8, 4) is 0 Å². The van der Waals surface area contributed by atoms with Crippen LogP contribution in [0.3, 0.4) is 0 Å². The number of fused-ring (bicyclic) bond motifs is 1. The number of nitrogens with zero attached hydrogens (tertiary/aromatic N) is 3. The Labute approximate surface area is 101 Å². The Morgan fingerprint density at radius 3 is 2.82 bits per heavy atom. The van der Waals surface area contributed by atoms with Gasteiger partial charge >= 0.3 is 0 Å². The van der Waals surface area contributed by atoms with Crippen LogP contribution in [0.15, 0.2) is 12.5 Å². The van der Waals surface area contributed by atoms with Crippen LogP contribution in [0, 0.1) is 5.41 Å². The molecule has 0 aliphatic carbocycles. The zero-order chi connectivity index (χ0) is 12.5. The Hall–Kier alpha value is -1.49. The minimum atomic E-state index is 0.114. The minimum Gasteiger partial charge on any atom is -0.339 e. The smallest absolute Gasteiger partial charge is 0.180 e. The highest BCUT2D eigenvalue weighted by molar-refractivity contribution is 5.68. The lowest BCUT2D eigenvalue weighted by molar-refractivity contribution is 0.337. The van der Waals surface area contributed by atoms with Gasteiger partial charge in [-0.2, -0.15) is 0 Å². The summed E-state index contributed by atoms with van der Waals surface area (Å²) in [6.07, 6.45) is 4.94. The Kier molecular flexibility index (Phi) is 3.11. The molecule has 0 saturated carbocycles. The summed E-state index contributed by atoms with van der Waals surface area (Å²) in [6, 6.07) is 0.114. The van der Waals surface area contributed by atoms with E-state index in [0.29, 0.717) is 5.65 Å². The maximum atomic E-state index is 6.12. The molecule has 0 saturated heterocycles. The Morgan fingerprint density at radius 2 is 2.18 bits per heavy atom. The predicted molar refractivity (Wildman–Crippen MR) is 67.4 cm³/mol. The molecule has 92 valence electrons. The van der Waals surface area contributed by atoms with Gasteiger partial charge in [-0.05, 0) is 11.8 Å². The van der Waals surface area contributed by atoms with Gasteiger partial charge in [0.15, 0.2) is 5.65 Å². The molecule has 17 heavy (non-hydrogen) atoms. The highest BCUT2D eigenvalue weighted by Crippen LogP contribution is 2.21. The third kappa shape index (κ3) is 3.23. The molecule has 0 bridgehead atoms. The first-order valence-electron chi connectivity index (χ1n) is 5.84. The number of hydrogen-bond acceptors (Lipinski definition) is 4. The molecule has 0 radical (unpaired) electrons. The summed E-state index contributed by atoms with van der Waals surface area (Å²) in [4.78, 5) is 15.6. The number of nitrogens with one attached hydrogen (secondary N) is 1. The van der Waals surface area contributed by atoms with Crippen molar-refractivity contribution in [2.45, 2.75) is 39.7 Å². The van der Waals surface area contributed by atoms with Crippen LogP contribution >= 0.6 is 0 Å². The maximum Gasteiger partial charge on any atom is 0.180 e. The molecule has 3 N–H and O–H groups in total. The van der Waals surface area contributed by atoms with E-state index >= 15 is 0 Å². The Balaban J connectivity index is 2.08. The zero-order valence-corrected chi connectivity index (χ0v) is 10.6. The van der Waals surface area contributed by atoms with Gasteiger partial charge < -0.3 is 10.7 Å². The van der Waals surface area contributed by atoms with Crippen LogP contribution in [0.25, 0.3) is 11.2 Å². The monoisotopic (exact) mass is 233 g/mol. The number of rotatable bonds is 3. The van der Waals surface area contributed by atoms with E-state index in [1.807, 2.05) is 0 Å². The van der Waals surface area contributed by atoms with Gasteiger partial charge in [-0.25, -0.2) is 15.0 Å². The lowest BCUT2D eigenvalue weighted by Gasteiger charge is -2.22. The Morgan fingerprint density at radius 1 is 1.41 bits per heavy atom. The van der Waals surface area contributed by atoms with Crippen molar-refractivity contribution in [1.82, 2.24) is 19.9 Å². The molecule has 2 rings (SSSR count). The number of nitrogens with two attached hydrogens (primary N) is 1. The molecule has 0 aromatic carbocycles. The first kappa shape index (κ1) is 12.0. The second kappa shape index (κ2) is 4.41. The fourth-order valence-corrected chi connectivity index (χ4v) is 2.02. The van der Waals surface area contributed by atoms with Gasteiger partial charge in [0.25, 0.3) is 0 Å². The maximum absolute atomic E-state index is 6.12. The van der Waals surface area contributed by atoms with Crippen LogP contribution in [0.5, 0.6) is 0 Å². The van der Waals surface area contributed by atoms with Crippen LogP contribution in [0.1, 0.15) is 33.0 Å². The van der Waals surface area contributed by atoms with Gasteiger partial charge in [-0.15, -0.1) is 0 Å². The topological polar surface area (TPSA) is 80.5 Å². The molecule has 5 heteroatoms. The van der Waals surface area contributed by atoms with Crippen LogP contribution in [0.4, 0.5) is 0 Å². The summed E-state index contributed by atoms with van der Waals surface area (Å²) in [5.74, 6) is 0.886. The molecule has 2 heterocycles. The van der Waals surface area contributed by atoms with E-state index in [1.165, 1.54) is 6.33 Å². The van der Waals surface area contributed by atoms with Gasteiger partial charge in [0.2, 0.25) is 0 Å². The van der Waals surface area contributed by atoms with E-state index in [-0.39, 0.29) is 11.5 Å². The summed E-state index contributed by atoms with van der Waals surface area (Å²) in [5, 5.41) is 0. The fourth-order valence-electron chi connectivity index (χ4n) is 2.02. The first-order valence-corrected chi connectivity index (χ1v) is 5.84. The van der Waals surface area contributed by atoms with Gasteiger partial charge in [0.05, 0.1) is 6.20 Å². The quantitative estimate of drug-likeness (QED) is 0.844. The van der Waals surface area contributed by atoms with E-state index < -0.39 is 0 Å². The number of H-pyrrole nitrogens is 1. The van der Waals surface area contributed by atoms with Crippen molar-refractivity contribution < 1.29 is 0 Å². The summed E-state index contributed by atoms with van der Waals surface area (Å²) in [5.41, 5.74) is 7.93. The molecular weight excluding hydrogens is 214 g/mol. The van der Waals surface area contributed by atoms with Crippen LogP contribution in [-0.2, 0) is 6.42 Å². The molecule has 0 fully saturated rings.